The second-order valence-electron chi connectivity index (χ2n) is 11.5. The predicted octanol–water partition coefficient (Wildman–Crippen LogP) is 3.02. The van der Waals surface area contributed by atoms with Crippen LogP contribution >= 0.6 is 0 Å². The zero-order chi connectivity index (χ0) is 30.9. The molecule has 2 aromatic rings. The van der Waals surface area contributed by atoms with Gasteiger partial charge in [0.15, 0.2) is 18.2 Å². The first-order valence-electron chi connectivity index (χ1n) is 14.1. The van der Waals surface area contributed by atoms with Gasteiger partial charge in [0, 0.05) is 0 Å². The molecule has 1 aliphatic carbocycles. The fourth-order valence-electron chi connectivity index (χ4n) is 5.82. The third-order valence-electron chi connectivity index (χ3n) is 8.44. The molecule has 2 aliphatic heterocycles. The number of nitriles is 1. The van der Waals surface area contributed by atoms with E-state index in [0.29, 0.717) is 5.76 Å². The predicted molar refractivity (Wildman–Crippen MR) is 147 cm³/mol. The van der Waals surface area contributed by atoms with Crippen molar-refractivity contribution in [3.63, 3.8) is 0 Å². The van der Waals surface area contributed by atoms with Gasteiger partial charge < -0.3 is 33.9 Å². The molecule has 0 spiro atoms. The Labute approximate surface area is 247 Å². The Bertz CT molecular complexity index is 1490. The van der Waals surface area contributed by atoms with Crippen molar-refractivity contribution >= 4 is 23.4 Å². The molecule has 5 rings (SSSR count). The molecule has 1 amide bonds. The monoisotopic (exact) mass is 597 g/mol. The summed E-state index contributed by atoms with van der Waals surface area (Å²) in [7, 11) is 0. The average Bonchev–Trinajstić information content (AvgIpc) is 3.65. The summed E-state index contributed by atoms with van der Waals surface area (Å²) in [6, 6.07) is 4.94. The number of aliphatic hydroxyl groups is 2. The van der Waals surface area contributed by atoms with E-state index in [1.54, 1.807) is 6.92 Å². The molecule has 14 nitrogen and oxygen atoms in total. The van der Waals surface area contributed by atoms with Crippen LogP contribution < -0.4 is 5.32 Å². The van der Waals surface area contributed by atoms with Crippen molar-refractivity contribution in [2.45, 2.75) is 76.8 Å². The van der Waals surface area contributed by atoms with Crippen molar-refractivity contribution in [2.75, 3.05) is 18.5 Å². The van der Waals surface area contributed by atoms with Gasteiger partial charge >= 0.3 is 12.1 Å². The van der Waals surface area contributed by atoms with Gasteiger partial charge in [-0.1, -0.05) is 19.3 Å². The van der Waals surface area contributed by atoms with E-state index in [0.717, 1.165) is 38.4 Å². The van der Waals surface area contributed by atoms with E-state index in [1.165, 1.54) is 16.6 Å². The second-order valence-corrected chi connectivity index (χ2v) is 11.5. The van der Waals surface area contributed by atoms with E-state index in [-0.39, 0.29) is 47.9 Å². The molecule has 0 aromatic carbocycles. The van der Waals surface area contributed by atoms with Crippen LogP contribution in [0.4, 0.5) is 10.6 Å². The number of aromatic nitrogens is 3. The number of amides is 1. The van der Waals surface area contributed by atoms with Crippen LogP contribution in [0.15, 0.2) is 42.5 Å². The number of hydrogen-bond donors (Lipinski definition) is 3. The number of nitrogens with one attached hydrogen (secondary N) is 1. The Morgan fingerprint density at radius 2 is 1.98 bits per heavy atom. The summed E-state index contributed by atoms with van der Waals surface area (Å²) in [6.07, 6.45) is 1.00. The molecule has 0 bridgehead atoms. The van der Waals surface area contributed by atoms with Gasteiger partial charge in [0.2, 0.25) is 5.60 Å². The van der Waals surface area contributed by atoms with Crippen LogP contribution in [0.25, 0.3) is 5.52 Å². The number of carbonyl (C=O) groups excluding carboxylic acids is 2. The molecule has 2 fully saturated rings. The minimum atomic E-state index is -2.07. The number of anilines is 1. The van der Waals surface area contributed by atoms with E-state index in [4.69, 9.17) is 23.7 Å². The van der Waals surface area contributed by atoms with Gasteiger partial charge in [0.05, 0.1) is 11.1 Å². The second kappa shape index (κ2) is 11.8. The van der Waals surface area contributed by atoms with Crippen LogP contribution in [0.1, 0.15) is 58.6 Å². The number of ether oxygens (including phenoxy) is 5. The van der Waals surface area contributed by atoms with Crippen LogP contribution in [0, 0.1) is 22.7 Å². The topological polar surface area (TPSA) is 187 Å². The summed E-state index contributed by atoms with van der Waals surface area (Å²) >= 11 is 0. The lowest BCUT2D eigenvalue weighted by molar-refractivity contribution is -0.164. The van der Waals surface area contributed by atoms with Gasteiger partial charge in [-0.15, -0.1) is 0 Å². The molecular weight excluding hydrogens is 562 g/mol. The molecular formula is C29H35N5O9. The van der Waals surface area contributed by atoms with E-state index >= 15 is 0 Å². The van der Waals surface area contributed by atoms with Gasteiger partial charge in [0.1, 0.15) is 48.6 Å². The number of esters is 1. The highest BCUT2D eigenvalue weighted by atomic mass is 16.7. The number of rotatable bonds is 8. The van der Waals surface area contributed by atoms with E-state index in [9.17, 15) is 25.1 Å². The van der Waals surface area contributed by atoms with Crippen molar-refractivity contribution in [3.05, 3.63) is 48.2 Å². The van der Waals surface area contributed by atoms with Gasteiger partial charge in [-0.25, -0.2) is 14.3 Å². The molecule has 4 heterocycles. The number of carbonyl (C=O) groups is 2. The van der Waals surface area contributed by atoms with Crippen LogP contribution in [0.5, 0.6) is 0 Å². The minimum Gasteiger partial charge on any atom is -0.462 e. The highest BCUT2D eigenvalue weighted by Gasteiger charge is 2.58. The van der Waals surface area contributed by atoms with Crippen LogP contribution in [-0.2, 0) is 34.1 Å². The lowest BCUT2D eigenvalue weighted by Gasteiger charge is -2.35. The molecule has 1 saturated carbocycles. The maximum atomic E-state index is 13.0. The van der Waals surface area contributed by atoms with Crippen LogP contribution in [-0.4, -0.2) is 68.4 Å². The summed E-state index contributed by atoms with van der Waals surface area (Å²) in [6.45, 7) is 8.31. The quantitative estimate of drug-likeness (QED) is 0.378. The molecule has 43 heavy (non-hydrogen) atoms. The zero-order valence-electron chi connectivity index (χ0n) is 24.2. The summed E-state index contributed by atoms with van der Waals surface area (Å²) in [5.41, 5.74) is -2.47. The Morgan fingerprint density at radius 1 is 1.23 bits per heavy atom. The molecule has 2 aromatic heterocycles. The first-order valence-corrected chi connectivity index (χ1v) is 14.1. The van der Waals surface area contributed by atoms with Crippen LogP contribution in [0.3, 0.4) is 0 Å². The summed E-state index contributed by atoms with van der Waals surface area (Å²) in [5, 5.41) is 38.8. The summed E-state index contributed by atoms with van der Waals surface area (Å²) in [5.74, 6) is 0.583. The number of nitrogens with zero attached hydrogens (tertiary/aromatic N) is 4. The minimum absolute atomic E-state index is 0.0431. The van der Waals surface area contributed by atoms with E-state index < -0.39 is 41.4 Å². The van der Waals surface area contributed by atoms with Crippen molar-refractivity contribution in [2.24, 2.45) is 11.3 Å². The Balaban J connectivity index is 1.29. The van der Waals surface area contributed by atoms with Crippen molar-refractivity contribution < 1.29 is 43.5 Å². The zero-order valence-corrected chi connectivity index (χ0v) is 24.2. The first-order chi connectivity index (χ1) is 20.5. The summed E-state index contributed by atoms with van der Waals surface area (Å²) < 4.78 is 28.4. The Morgan fingerprint density at radius 3 is 2.65 bits per heavy atom. The highest BCUT2D eigenvalue weighted by Crippen LogP contribution is 2.42. The third-order valence-corrected chi connectivity index (χ3v) is 8.44. The first kappa shape index (κ1) is 30.3. The highest BCUT2D eigenvalue weighted by molar-refractivity contribution is 5.88. The fraction of sp³-hybridized carbons (Fsp3) is 0.552. The van der Waals surface area contributed by atoms with E-state index in [2.05, 4.69) is 22.0 Å². The molecule has 0 unspecified atom stereocenters. The van der Waals surface area contributed by atoms with Gasteiger partial charge in [0.25, 0.3) is 5.95 Å². The van der Waals surface area contributed by atoms with Crippen molar-refractivity contribution in [1.82, 2.24) is 14.6 Å². The molecule has 0 radical (unpaired) electrons. The molecule has 1 saturated heterocycles. The number of hydrogen-bond acceptors (Lipinski definition) is 12. The summed E-state index contributed by atoms with van der Waals surface area (Å²) in [4.78, 5) is 29.6. The van der Waals surface area contributed by atoms with Gasteiger partial charge in [-0.3, -0.25) is 10.1 Å². The lowest BCUT2D eigenvalue weighted by atomic mass is 9.71. The van der Waals surface area contributed by atoms with Crippen molar-refractivity contribution in [1.29, 1.82) is 5.26 Å². The fourth-order valence-corrected chi connectivity index (χ4v) is 5.82. The molecule has 4 atom stereocenters. The third kappa shape index (κ3) is 5.63. The number of aliphatic hydroxyl groups excluding tert-OH is 2. The van der Waals surface area contributed by atoms with Gasteiger partial charge in [-0.05, 0) is 58.2 Å². The average molecular weight is 598 g/mol. The molecule has 14 heteroatoms. The Hall–Kier alpha value is -4.19. The molecule has 3 N–H and O–H groups in total. The molecule has 230 valence electrons. The number of fused-ring (bicyclic) bond motifs is 1. The standard InChI is InChI=1S/C29H35N5O9/c1-16-20(42-17(2)41-16)12-40-27(38)33-25-19-10-11-22(34(19)32-15-31-25)29(14-30)24(36)23(35)21(43-29)13-39-26(37)28(3,4)18-8-6-5-7-9-18/h10-11,15,18,21,23-24,35-36H,2,5-9,12-13H2,1,3-4H3,(H,31,32,33,38)/t21-,23-,24-,29+/m1/s1. The smallest absolute Gasteiger partial charge is 0.413 e. The maximum Gasteiger partial charge on any atom is 0.413 e. The molecule has 3 aliphatic rings. The lowest BCUT2D eigenvalue weighted by Crippen LogP contribution is -2.41. The SMILES string of the molecule is C=C1OC(C)=C(COC(=O)Nc2ncnn3c([C@]4(C#N)O[C@H](COC(=O)C(C)(C)C5CCCCC5)[C@@H](O)[C@H]4O)ccc23)O1. The van der Waals surface area contributed by atoms with Crippen LogP contribution in [0.2, 0.25) is 0 Å². The normalized spacial score (nSPS) is 26.1. The number of allylic oxidation sites excluding steroid dienone is 1. The largest absolute Gasteiger partial charge is 0.462 e. The van der Waals surface area contributed by atoms with Crippen molar-refractivity contribution in [3.8, 4) is 6.07 Å². The van der Waals surface area contributed by atoms with E-state index in [1.807, 2.05) is 19.9 Å². The van der Waals surface area contributed by atoms with Gasteiger partial charge in [-0.2, -0.15) is 10.4 Å². The Kier molecular flexibility index (Phi) is 8.33. The maximum absolute atomic E-state index is 13.0.